The predicted molar refractivity (Wildman–Crippen MR) is 93.7 cm³/mol. The molecule has 0 unspecified atom stereocenters. The van der Waals surface area contributed by atoms with Gasteiger partial charge in [0.15, 0.2) is 6.10 Å². The number of anilines is 1. The van der Waals surface area contributed by atoms with Gasteiger partial charge in [0.25, 0.3) is 5.91 Å². The second-order valence-electron chi connectivity index (χ2n) is 5.75. The Hall–Kier alpha value is -3.74. The fourth-order valence-corrected chi connectivity index (χ4v) is 2.43. The number of carbonyl (C=O) groups is 2. The van der Waals surface area contributed by atoms with Crippen LogP contribution in [0.15, 0.2) is 24.3 Å². The molecule has 0 saturated carbocycles. The molecule has 0 aliphatic heterocycles. The largest absolute Gasteiger partial charge is 0.451 e. The van der Waals surface area contributed by atoms with Crippen molar-refractivity contribution in [2.24, 2.45) is 0 Å². The number of esters is 1. The molecule has 1 heterocycles. The van der Waals surface area contributed by atoms with Gasteiger partial charge in [-0.3, -0.25) is 24.4 Å². The summed E-state index contributed by atoms with van der Waals surface area (Å²) in [6.45, 7) is 3.98. The summed E-state index contributed by atoms with van der Waals surface area (Å²) in [5, 5.41) is 26.4. The van der Waals surface area contributed by atoms with E-state index in [1.165, 1.54) is 26.8 Å². The number of nitro groups is 1. The number of nitrogens with zero attached hydrogens (tertiary/aromatic N) is 4. The van der Waals surface area contributed by atoms with E-state index in [0.29, 0.717) is 11.3 Å². The summed E-state index contributed by atoms with van der Waals surface area (Å²) in [5.41, 5.74) is 1.03. The minimum Gasteiger partial charge on any atom is -0.451 e. The van der Waals surface area contributed by atoms with Gasteiger partial charge in [-0.05, 0) is 39.0 Å². The van der Waals surface area contributed by atoms with Gasteiger partial charge in [0.2, 0.25) is 0 Å². The molecule has 0 bridgehead atoms. The summed E-state index contributed by atoms with van der Waals surface area (Å²) < 4.78 is 6.23. The zero-order chi connectivity index (χ0) is 20.1. The van der Waals surface area contributed by atoms with Crippen LogP contribution in [0.25, 0.3) is 0 Å². The van der Waals surface area contributed by atoms with E-state index in [1.807, 2.05) is 6.07 Å². The molecule has 0 saturated heterocycles. The number of benzene rings is 1. The van der Waals surface area contributed by atoms with Crippen molar-refractivity contribution in [3.05, 3.63) is 51.3 Å². The van der Waals surface area contributed by atoms with E-state index in [1.54, 1.807) is 18.2 Å². The molecule has 0 spiro atoms. The lowest BCUT2D eigenvalue weighted by Crippen LogP contribution is -2.31. The lowest BCUT2D eigenvalue weighted by atomic mass is 10.2. The van der Waals surface area contributed by atoms with E-state index in [9.17, 15) is 19.7 Å². The standard InChI is InChI=1S/C17H17N5O5/c1-10-16(22(25)26)11(2)21(20-10)9-15(23)27-12(3)17(24)19-14-6-4-5-13(7-14)8-18/h4-7,12H,9H2,1-3H3,(H,19,24)/t12-/m1/s1. The highest BCUT2D eigenvalue weighted by Gasteiger charge is 2.24. The highest BCUT2D eigenvalue weighted by Crippen LogP contribution is 2.21. The molecular formula is C17H17N5O5. The SMILES string of the molecule is Cc1nn(CC(=O)O[C@H](C)C(=O)Nc2cccc(C#N)c2)c(C)c1[N+](=O)[O-]. The zero-order valence-corrected chi connectivity index (χ0v) is 14.9. The van der Waals surface area contributed by atoms with Crippen LogP contribution in [0.3, 0.4) is 0 Å². The van der Waals surface area contributed by atoms with Gasteiger partial charge >= 0.3 is 11.7 Å². The third kappa shape index (κ3) is 4.66. The van der Waals surface area contributed by atoms with Crippen molar-refractivity contribution < 1.29 is 19.2 Å². The van der Waals surface area contributed by atoms with Crippen molar-refractivity contribution in [2.45, 2.75) is 33.4 Å². The Morgan fingerprint density at radius 2 is 2.15 bits per heavy atom. The number of ether oxygens (including phenoxy) is 1. The first-order chi connectivity index (χ1) is 12.7. The molecule has 1 amide bonds. The number of nitrogens with one attached hydrogen (secondary N) is 1. The summed E-state index contributed by atoms with van der Waals surface area (Å²) in [5.74, 6) is -1.33. The average molecular weight is 371 g/mol. The number of aromatic nitrogens is 2. The normalized spacial score (nSPS) is 11.3. The molecule has 0 radical (unpaired) electrons. The van der Waals surface area contributed by atoms with Crippen LogP contribution < -0.4 is 5.32 Å². The topological polar surface area (TPSA) is 140 Å². The third-order valence-corrected chi connectivity index (χ3v) is 3.74. The van der Waals surface area contributed by atoms with Crippen LogP contribution in [0.2, 0.25) is 0 Å². The van der Waals surface area contributed by atoms with Gasteiger partial charge in [-0.15, -0.1) is 0 Å². The second-order valence-corrected chi connectivity index (χ2v) is 5.75. The zero-order valence-electron chi connectivity index (χ0n) is 14.9. The number of hydrogen-bond donors (Lipinski definition) is 1. The van der Waals surface area contributed by atoms with Gasteiger partial charge in [0.1, 0.15) is 17.9 Å². The number of amides is 1. The van der Waals surface area contributed by atoms with Gasteiger partial charge in [-0.2, -0.15) is 10.4 Å². The van der Waals surface area contributed by atoms with Gasteiger partial charge in [-0.25, -0.2) is 0 Å². The Kier molecular flexibility index (Phi) is 5.87. The second kappa shape index (κ2) is 8.09. The van der Waals surface area contributed by atoms with Gasteiger partial charge in [0, 0.05) is 5.69 Å². The predicted octanol–water partition coefficient (Wildman–Crippen LogP) is 1.85. The summed E-state index contributed by atoms with van der Waals surface area (Å²) in [7, 11) is 0. The first-order valence-electron chi connectivity index (χ1n) is 7.91. The Balaban J connectivity index is 1.99. The number of aryl methyl sites for hydroxylation is 1. The lowest BCUT2D eigenvalue weighted by molar-refractivity contribution is -0.386. The minimum absolute atomic E-state index is 0.161. The van der Waals surface area contributed by atoms with E-state index in [4.69, 9.17) is 10.00 Å². The maximum Gasteiger partial charge on any atom is 0.328 e. The lowest BCUT2D eigenvalue weighted by Gasteiger charge is -2.14. The molecule has 1 N–H and O–H groups in total. The molecular weight excluding hydrogens is 354 g/mol. The fraction of sp³-hybridized carbons (Fsp3) is 0.294. The van der Waals surface area contributed by atoms with Crippen LogP contribution in [0, 0.1) is 35.3 Å². The maximum absolute atomic E-state index is 12.1. The first-order valence-corrected chi connectivity index (χ1v) is 7.91. The van der Waals surface area contributed by atoms with Crippen LogP contribution in [0.4, 0.5) is 11.4 Å². The van der Waals surface area contributed by atoms with E-state index in [2.05, 4.69) is 10.4 Å². The molecule has 10 heteroatoms. The molecule has 27 heavy (non-hydrogen) atoms. The van der Waals surface area contributed by atoms with Crippen molar-refractivity contribution in [3.63, 3.8) is 0 Å². The van der Waals surface area contributed by atoms with Crippen LogP contribution in [0.1, 0.15) is 23.9 Å². The highest BCUT2D eigenvalue weighted by molar-refractivity contribution is 5.95. The molecule has 0 fully saturated rings. The van der Waals surface area contributed by atoms with Crippen LogP contribution in [0.5, 0.6) is 0 Å². The van der Waals surface area contributed by atoms with Crippen molar-refractivity contribution in [3.8, 4) is 6.07 Å². The maximum atomic E-state index is 12.1. The van der Waals surface area contributed by atoms with E-state index in [-0.39, 0.29) is 23.6 Å². The van der Waals surface area contributed by atoms with Crippen LogP contribution in [-0.2, 0) is 20.9 Å². The molecule has 2 rings (SSSR count). The van der Waals surface area contributed by atoms with Crippen molar-refractivity contribution in [2.75, 3.05) is 5.32 Å². The molecule has 140 valence electrons. The Labute approximate surface area is 154 Å². The summed E-state index contributed by atoms with van der Waals surface area (Å²) >= 11 is 0. The Morgan fingerprint density at radius 3 is 2.74 bits per heavy atom. The van der Waals surface area contributed by atoms with Crippen molar-refractivity contribution >= 4 is 23.3 Å². The Bertz CT molecular complexity index is 944. The number of rotatable bonds is 6. The summed E-state index contributed by atoms with van der Waals surface area (Å²) in [6.07, 6.45) is -1.10. The summed E-state index contributed by atoms with van der Waals surface area (Å²) in [6, 6.07) is 8.24. The molecule has 10 nitrogen and oxygen atoms in total. The number of nitriles is 1. The summed E-state index contributed by atoms with van der Waals surface area (Å²) in [4.78, 5) is 34.6. The number of hydrogen-bond acceptors (Lipinski definition) is 7. The average Bonchev–Trinajstić information content (AvgIpc) is 2.88. The Morgan fingerprint density at radius 1 is 1.44 bits per heavy atom. The van der Waals surface area contributed by atoms with Crippen LogP contribution >= 0.6 is 0 Å². The third-order valence-electron chi connectivity index (χ3n) is 3.74. The monoisotopic (exact) mass is 371 g/mol. The van der Waals surface area contributed by atoms with Crippen molar-refractivity contribution in [1.82, 2.24) is 9.78 Å². The highest BCUT2D eigenvalue weighted by atomic mass is 16.6. The van der Waals surface area contributed by atoms with Crippen molar-refractivity contribution in [1.29, 1.82) is 5.26 Å². The quantitative estimate of drug-likeness (QED) is 0.464. The van der Waals surface area contributed by atoms with Gasteiger partial charge in [-0.1, -0.05) is 6.07 Å². The molecule has 1 aromatic heterocycles. The first kappa shape index (κ1) is 19.6. The smallest absolute Gasteiger partial charge is 0.328 e. The van der Waals surface area contributed by atoms with Crippen LogP contribution in [-0.4, -0.2) is 32.7 Å². The molecule has 0 aliphatic carbocycles. The van der Waals surface area contributed by atoms with E-state index >= 15 is 0 Å². The fourth-order valence-electron chi connectivity index (χ4n) is 2.43. The molecule has 2 aromatic rings. The minimum atomic E-state index is -1.10. The van der Waals surface area contributed by atoms with E-state index < -0.39 is 22.9 Å². The molecule has 0 aliphatic rings. The van der Waals surface area contributed by atoms with Gasteiger partial charge < -0.3 is 10.1 Å². The molecule has 1 aromatic carbocycles. The number of carbonyl (C=O) groups excluding carboxylic acids is 2. The van der Waals surface area contributed by atoms with E-state index in [0.717, 1.165) is 4.68 Å². The molecule has 1 atom stereocenters. The van der Waals surface area contributed by atoms with Gasteiger partial charge in [0.05, 0.1) is 16.6 Å².